The van der Waals surface area contributed by atoms with Crippen LogP contribution in [0.15, 0.2) is 47.3 Å². The number of rotatable bonds is 3. The molecule has 0 aliphatic carbocycles. The van der Waals surface area contributed by atoms with E-state index in [4.69, 9.17) is 0 Å². The normalized spacial score (nSPS) is 10.8. The Labute approximate surface area is 113 Å². The molecule has 0 saturated heterocycles. The Bertz CT molecular complexity index is 848. The van der Waals surface area contributed by atoms with Crippen molar-refractivity contribution in [3.63, 3.8) is 0 Å². The highest BCUT2D eigenvalue weighted by molar-refractivity contribution is 6.00. The van der Waals surface area contributed by atoms with E-state index in [9.17, 15) is 14.0 Å². The molecule has 4 nitrogen and oxygen atoms in total. The Morgan fingerprint density at radius 1 is 1.05 bits per heavy atom. The number of carbonyl (C=O) groups is 1. The molecular weight excluding hydrogens is 259 g/mol. The van der Waals surface area contributed by atoms with Gasteiger partial charge >= 0.3 is 5.69 Å². The van der Waals surface area contributed by atoms with Crippen LogP contribution >= 0.6 is 0 Å². The van der Waals surface area contributed by atoms with Crippen LogP contribution in [-0.2, 0) is 6.42 Å². The summed E-state index contributed by atoms with van der Waals surface area (Å²) in [6, 6.07) is 11.1. The van der Waals surface area contributed by atoms with Crippen LogP contribution in [0, 0.1) is 5.82 Å². The predicted molar refractivity (Wildman–Crippen MR) is 73.4 cm³/mol. The van der Waals surface area contributed by atoms with Crippen molar-refractivity contribution in [3.05, 3.63) is 69.9 Å². The van der Waals surface area contributed by atoms with Crippen molar-refractivity contribution in [3.8, 4) is 0 Å². The van der Waals surface area contributed by atoms with Gasteiger partial charge in [-0.3, -0.25) is 4.79 Å². The fourth-order valence-electron chi connectivity index (χ4n) is 2.12. The highest BCUT2D eigenvalue weighted by Crippen LogP contribution is 2.14. The molecule has 0 fully saturated rings. The number of Topliss-reactive ketones (excluding diaryl/α,β-unsaturated/α-hetero) is 1. The van der Waals surface area contributed by atoms with Crippen LogP contribution in [0.25, 0.3) is 11.0 Å². The SMILES string of the molecule is O=C(Cc1ccccc1F)c1ccc2[nH]c(=O)[nH]c2c1. The monoisotopic (exact) mass is 270 g/mol. The summed E-state index contributed by atoms with van der Waals surface area (Å²) >= 11 is 0. The van der Waals surface area contributed by atoms with E-state index in [-0.39, 0.29) is 17.9 Å². The van der Waals surface area contributed by atoms with Gasteiger partial charge in [-0.05, 0) is 29.8 Å². The van der Waals surface area contributed by atoms with Crippen molar-refractivity contribution < 1.29 is 9.18 Å². The van der Waals surface area contributed by atoms with Crippen molar-refractivity contribution >= 4 is 16.8 Å². The summed E-state index contributed by atoms with van der Waals surface area (Å²) in [6.07, 6.45) is -0.00711. The highest BCUT2D eigenvalue weighted by Gasteiger charge is 2.11. The van der Waals surface area contributed by atoms with E-state index in [0.29, 0.717) is 22.2 Å². The molecule has 0 unspecified atom stereocenters. The first kappa shape index (κ1) is 12.3. The van der Waals surface area contributed by atoms with Crippen LogP contribution in [-0.4, -0.2) is 15.8 Å². The van der Waals surface area contributed by atoms with Gasteiger partial charge < -0.3 is 9.97 Å². The average Bonchev–Trinajstić information content (AvgIpc) is 2.80. The van der Waals surface area contributed by atoms with Gasteiger partial charge in [0.15, 0.2) is 5.78 Å². The number of imidazole rings is 1. The van der Waals surface area contributed by atoms with Gasteiger partial charge in [0.25, 0.3) is 0 Å². The lowest BCUT2D eigenvalue weighted by Gasteiger charge is -2.03. The van der Waals surface area contributed by atoms with Crippen LogP contribution in [0.5, 0.6) is 0 Å². The zero-order valence-corrected chi connectivity index (χ0v) is 10.4. The summed E-state index contributed by atoms with van der Waals surface area (Å²) in [5.74, 6) is -0.587. The Hall–Kier alpha value is -2.69. The lowest BCUT2D eigenvalue weighted by Crippen LogP contribution is -2.05. The maximum Gasteiger partial charge on any atom is 0.323 e. The number of carbonyl (C=O) groups excluding carboxylic acids is 1. The minimum atomic E-state index is -0.392. The van der Waals surface area contributed by atoms with E-state index in [2.05, 4.69) is 9.97 Å². The number of hydrogen-bond donors (Lipinski definition) is 2. The summed E-state index contributed by atoms with van der Waals surface area (Å²) in [7, 11) is 0. The van der Waals surface area contributed by atoms with Crippen molar-refractivity contribution in [2.45, 2.75) is 6.42 Å². The highest BCUT2D eigenvalue weighted by atomic mass is 19.1. The van der Waals surface area contributed by atoms with E-state index in [1.165, 1.54) is 6.07 Å². The number of hydrogen-bond acceptors (Lipinski definition) is 2. The number of benzene rings is 2. The van der Waals surface area contributed by atoms with Gasteiger partial charge in [0.1, 0.15) is 5.82 Å². The molecule has 1 aromatic heterocycles. The molecule has 2 N–H and O–H groups in total. The average molecular weight is 270 g/mol. The second-order valence-electron chi connectivity index (χ2n) is 4.53. The van der Waals surface area contributed by atoms with Gasteiger partial charge in [-0.15, -0.1) is 0 Å². The Kier molecular flexibility index (Phi) is 2.95. The van der Waals surface area contributed by atoms with Gasteiger partial charge in [0.05, 0.1) is 11.0 Å². The second-order valence-corrected chi connectivity index (χ2v) is 4.53. The molecular formula is C15H11FN2O2. The molecule has 0 spiro atoms. The molecule has 0 atom stereocenters. The van der Waals surface area contributed by atoms with Crippen LogP contribution in [0.4, 0.5) is 4.39 Å². The van der Waals surface area contributed by atoms with Gasteiger partial charge in [0.2, 0.25) is 0 Å². The standard InChI is InChI=1S/C15H11FN2O2/c16-11-4-2-1-3-9(11)8-14(19)10-5-6-12-13(7-10)18-15(20)17-12/h1-7H,8H2,(H2,17,18,20). The first-order chi connectivity index (χ1) is 9.63. The van der Waals surface area contributed by atoms with Crippen molar-refractivity contribution in [1.29, 1.82) is 0 Å². The van der Waals surface area contributed by atoms with Crippen molar-refractivity contribution in [2.24, 2.45) is 0 Å². The lowest BCUT2D eigenvalue weighted by atomic mass is 10.0. The largest absolute Gasteiger partial charge is 0.323 e. The van der Waals surface area contributed by atoms with Crippen molar-refractivity contribution in [2.75, 3.05) is 0 Å². The predicted octanol–water partition coefficient (Wildman–Crippen LogP) is 2.42. The van der Waals surface area contributed by atoms with Gasteiger partial charge in [-0.2, -0.15) is 0 Å². The van der Waals surface area contributed by atoms with Gasteiger partial charge in [-0.25, -0.2) is 9.18 Å². The van der Waals surface area contributed by atoms with E-state index in [1.807, 2.05) is 0 Å². The number of fused-ring (bicyclic) bond motifs is 1. The third-order valence-electron chi connectivity index (χ3n) is 3.15. The third kappa shape index (κ3) is 2.25. The molecule has 0 radical (unpaired) electrons. The molecule has 0 bridgehead atoms. The topological polar surface area (TPSA) is 65.7 Å². The second kappa shape index (κ2) is 4.77. The van der Waals surface area contributed by atoms with E-state index in [0.717, 1.165) is 0 Å². The molecule has 100 valence electrons. The van der Waals surface area contributed by atoms with Crippen LogP contribution in [0.1, 0.15) is 15.9 Å². The fourth-order valence-corrected chi connectivity index (χ4v) is 2.12. The number of aromatic amines is 2. The zero-order chi connectivity index (χ0) is 14.1. The maximum absolute atomic E-state index is 13.5. The first-order valence-corrected chi connectivity index (χ1v) is 6.12. The summed E-state index contributed by atoms with van der Waals surface area (Å²) in [5, 5.41) is 0. The molecule has 3 rings (SSSR count). The molecule has 0 aliphatic rings. The van der Waals surface area contributed by atoms with Crippen LogP contribution in [0.2, 0.25) is 0 Å². The minimum Gasteiger partial charge on any atom is -0.306 e. The molecule has 2 aromatic carbocycles. The maximum atomic E-state index is 13.5. The number of ketones is 1. The zero-order valence-electron chi connectivity index (χ0n) is 10.4. The van der Waals surface area contributed by atoms with Gasteiger partial charge in [0, 0.05) is 12.0 Å². The quantitative estimate of drug-likeness (QED) is 0.718. The Balaban J connectivity index is 1.92. The summed E-state index contributed by atoms with van der Waals surface area (Å²) < 4.78 is 13.5. The number of halogens is 1. The van der Waals surface area contributed by atoms with Crippen molar-refractivity contribution in [1.82, 2.24) is 9.97 Å². The van der Waals surface area contributed by atoms with E-state index in [1.54, 1.807) is 36.4 Å². The molecule has 0 amide bonds. The van der Waals surface area contributed by atoms with E-state index < -0.39 is 5.82 Å². The summed E-state index contributed by atoms with van der Waals surface area (Å²) in [6.45, 7) is 0. The van der Waals surface area contributed by atoms with Crippen LogP contribution in [0.3, 0.4) is 0 Å². The molecule has 5 heteroatoms. The Morgan fingerprint density at radius 2 is 1.80 bits per heavy atom. The number of H-pyrrole nitrogens is 2. The summed E-state index contributed by atoms with van der Waals surface area (Å²) in [4.78, 5) is 28.5. The number of aromatic nitrogens is 2. The third-order valence-corrected chi connectivity index (χ3v) is 3.15. The summed E-state index contributed by atoms with van der Waals surface area (Å²) in [5.41, 5.74) is 1.68. The lowest BCUT2D eigenvalue weighted by molar-refractivity contribution is 0.0992. The minimum absolute atomic E-state index is 0.00711. The number of nitrogens with one attached hydrogen (secondary N) is 2. The molecule has 0 saturated carbocycles. The van der Waals surface area contributed by atoms with Crippen LogP contribution < -0.4 is 5.69 Å². The van der Waals surface area contributed by atoms with E-state index >= 15 is 0 Å². The van der Waals surface area contributed by atoms with Gasteiger partial charge in [-0.1, -0.05) is 18.2 Å². The fraction of sp³-hybridized carbons (Fsp3) is 0.0667. The molecule has 20 heavy (non-hydrogen) atoms. The smallest absolute Gasteiger partial charge is 0.306 e. The first-order valence-electron chi connectivity index (χ1n) is 6.12. The Morgan fingerprint density at radius 3 is 2.60 bits per heavy atom. The molecule has 1 heterocycles. The molecule has 3 aromatic rings. The molecule has 0 aliphatic heterocycles.